The van der Waals surface area contributed by atoms with Gasteiger partial charge in [-0.2, -0.15) is 0 Å². The third-order valence-corrected chi connectivity index (χ3v) is 3.13. The molecule has 0 fully saturated rings. The molecule has 0 bridgehead atoms. The molecule has 0 saturated heterocycles. The van der Waals surface area contributed by atoms with Gasteiger partial charge in [0.05, 0.1) is 5.39 Å². The maximum Gasteiger partial charge on any atom is 0.177 e. The highest BCUT2D eigenvalue weighted by Crippen LogP contribution is 2.38. The molecule has 0 aliphatic rings. The van der Waals surface area contributed by atoms with E-state index in [4.69, 9.17) is 0 Å². The molecule has 0 aliphatic carbocycles. The lowest BCUT2D eigenvalue weighted by molar-refractivity contribution is -0.670. The van der Waals surface area contributed by atoms with Crippen molar-refractivity contribution in [1.82, 2.24) is 0 Å². The summed E-state index contributed by atoms with van der Waals surface area (Å²) in [6.45, 7) is 0. The fraction of sp³-hybridized carbons (Fsp3) is 0.182. The molecular formula is C11H12NO2S+. The summed E-state index contributed by atoms with van der Waals surface area (Å²) < 4.78 is 1.92. The van der Waals surface area contributed by atoms with E-state index in [1.165, 1.54) is 0 Å². The first-order valence-corrected chi connectivity index (χ1v) is 5.74. The first kappa shape index (κ1) is 10.1. The van der Waals surface area contributed by atoms with E-state index in [1.807, 2.05) is 30.3 Å². The summed E-state index contributed by atoms with van der Waals surface area (Å²) in [4.78, 5) is 0.955. The number of phenols is 2. The van der Waals surface area contributed by atoms with Gasteiger partial charge in [-0.3, -0.25) is 0 Å². The Kier molecular flexibility index (Phi) is 2.44. The van der Waals surface area contributed by atoms with Crippen molar-refractivity contribution in [2.75, 3.05) is 6.26 Å². The van der Waals surface area contributed by atoms with E-state index in [0.29, 0.717) is 5.39 Å². The van der Waals surface area contributed by atoms with Crippen LogP contribution < -0.4 is 4.57 Å². The highest BCUT2D eigenvalue weighted by atomic mass is 32.2. The van der Waals surface area contributed by atoms with Gasteiger partial charge in [0, 0.05) is 16.3 Å². The van der Waals surface area contributed by atoms with E-state index in [9.17, 15) is 10.2 Å². The topological polar surface area (TPSA) is 44.3 Å². The Morgan fingerprint density at radius 3 is 2.67 bits per heavy atom. The number of rotatable bonds is 1. The van der Waals surface area contributed by atoms with E-state index >= 15 is 0 Å². The summed E-state index contributed by atoms with van der Waals surface area (Å²) in [6, 6.07) is 3.38. The maximum absolute atomic E-state index is 9.70. The van der Waals surface area contributed by atoms with E-state index in [2.05, 4.69) is 0 Å². The number of nitrogens with zero attached hydrogens (tertiary/aromatic N) is 1. The van der Waals surface area contributed by atoms with Crippen LogP contribution in [0.25, 0.3) is 10.8 Å². The van der Waals surface area contributed by atoms with Crippen LogP contribution in [-0.2, 0) is 7.05 Å². The molecule has 0 aliphatic heterocycles. The smallest absolute Gasteiger partial charge is 0.177 e. The van der Waals surface area contributed by atoms with Crippen molar-refractivity contribution < 1.29 is 14.8 Å². The second kappa shape index (κ2) is 3.62. The lowest BCUT2D eigenvalue weighted by Gasteiger charge is -2.06. The minimum atomic E-state index is -0.0688. The quantitative estimate of drug-likeness (QED) is 0.439. The highest BCUT2D eigenvalue weighted by Gasteiger charge is 2.12. The predicted molar refractivity (Wildman–Crippen MR) is 60.2 cm³/mol. The van der Waals surface area contributed by atoms with Crippen LogP contribution in [-0.4, -0.2) is 16.5 Å². The molecule has 0 amide bonds. The van der Waals surface area contributed by atoms with Gasteiger partial charge >= 0.3 is 0 Å². The fourth-order valence-corrected chi connectivity index (χ4v) is 2.19. The molecule has 1 aromatic carbocycles. The first-order valence-electron chi connectivity index (χ1n) is 4.51. The van der Waals surface area contributed by atoms with Crippen LogP contribution in [0.2, 0.25) is 0 Å². The van der Waals surface area contributed by atoms with Crippen molar-refractivity contribution in [2.24, 2.45) is 7.05 Å². The molecule has 15 heavy (non-hydrogen) atoms. The summed E-state index contributed by atoms with van der Waals surface area (Å²) in [6.07, 6.45) is 5.71. The van der Waals surface area contributed by atoms with Crippen molar-refractivity contribution in [2.45, 2.75) is 4.90 Å². The summed E-state index contributed by atoms with van der Waals surface area (Å²) in [5, 5.41) is 20.9. The number of aromatic nitrogens is 1. The number of aromatic hydroxyl groups is 2. The van der Waals surface area contributed by atoms with Crippen LogP contribution in [0.3, 0.4) is 0 Å². The van der Waals surface area contributed by atoms with Gasteiger partial charge in [0.2, 0.25) is 0 Å². The van der Waals surface area contributed by atoms with Crippen molar-refractivity contribution in [3.05, 3.63) is 24.5 Å². The Hall–Kier alpha value is -1.42. The molecule has 0 spiro atoms. The minimum Gasteiger partial charge on any atom is -0.504 e. The van der Waals surface area contributed by atoms with Crippen molar-refractivity contribution >= 4 is 22.5 Å². The van der Waals surface area contributed by atoms with Crippen molar-refractivity contribution in [3.63, 3.8) is 0 Å². The number of pyridine rings is 1. The molecule has 2 N–H and O–H groups in total. The maximum atomic E-state index is 9.70. The third kappa shape index (κ3) is 1.61. The van der Waals surface area contributed by atoms with Gasteiger partial charge in [-0.25, -0.2) is 4.57 Å². The van der Waals surface area contributed by atoms with Gasteiger partial charge in [0.1, 0.15) is 7.05 Å². The van der Waals surface area contributed by atoms with Crippen LogP contribution in [0.4, 0.5) is 0 Å². The molecule has 0 atom stereocenters. The lowest BCUT2D eigenvalue weighted by Crippen LogP contribution is -2.25. The monoisotopic (exact) mass is 222 g/mol. The number of thioether (sulfide) groups is 1. The zero-order valence-electron chi connectivity index (χ0n) is 8.56. The van der Waals surface area contributed by atoms with Crippen LogP contribution in [0.5, 0.6) is 11.5 Å². The number of aryl methyl sites for hydroxylation is 1. The molecule has 2 rings (SSSR count). The molecule has 0 radical (unpaired) electrons. The van der Waals surface area contributed by atoms with E-state index in [-0.39, 0.29) is 11.5 Å². The summed E-state index contributed by atoms with van der Waals surface area (Å²) >= 11 is 1.55. The number of hydrogen-bond acceptors (Lipinski definition) is 3. The number of phenolic OH excluding ortho intramolecular Hbond substituents is 2. The number of benzene rings is 1. The fourth-order valence-electron chi connectivity index (χ4n) is 1.58. The molecular weight excluding hydrogens is 210 g/mol. The van der Waals surface area contributed by atoms with Gasteiger partial charge in [0.15, 0.2) is 23.9 Å². The standard InChI is InChI=1S/C11H11NO2S/c1-12-4-3-7-8(6-12)10(15-2)5-9(13)11(7)14/h3-6,14H,1-2H3/p+1. The zero-order chi connectivity index (χ0) is 11.0. The van der Waals surface area contributed by atoms with Crippen molar-refractivity contribution in [1.29, 1.82) is 0 Å². The third-order valence-electron chi connectivity index (χ3n) is 2.35. The summed E-state index contributed by atoms with van der Waals surface area (Å²) in [5.74, 6) is -0.121. The van der Waals surface area contributed by atoms with Crippen LogP contribution >= 0.6 is 11.8 Å². The highest BCUT2D eigenvalue weighted by molar-refractivity contribution is 7.98. The Morgan fingerprint density at radius 1 is 1.27 bits per heavy atom. The Labute approximate surface area is 92.0 Å². The number of hydrogen-bond donors (Lipinski definition) is 2. The van der Waals surface area contributed by atoms with Crippen LogP contribution in [0, 0.1) is 0 Å². The van der Waals surface area contributed by atoms with E-state index in [1.54, 1.807) is 23.9 Å². The number of fused-ring (bicyclic) bond motifs is 1. The normalized spacial score (nSPS) is 10.8. The Balaban J connectivity index is 2.90. The van der Waals surface area contributed by atoms with Crippen molar-refractivity contribution in [3.8, 4) is 11.5 Å². The van der Waals surface area contributed by atoms with Crippen LogP contribution in [0.1, 0.15) is 0 Å². The van der Waals surface area contributed by atoms with Gasteiger partial charge < -0.3 is 10.2 Å². The Morgan fingerprint density at radius 2 is 2.00 bits per heavy atom. The van der Waals surface area contributed by atoms with Gasteiger partial charge in [-0.1, -0.05) is 0 Å². The SMILES string of the molecule is CSc1cc(O)c(O)c2cc[n+](C)cc12. The predicted octanol–water partition coefficient (Wildman–Crippen LogP) is 1.80. The molecule has 78 valence electrons. The second-order valence-corrected chi connectivity index (χ2v) is 4.23. The average Bonchev–Trinajstić information content (AvgIpc) is 2.23. The van der Waals surface area contributed by atoms with E-state index in [0.717, 1.165) is 10.3 Å². The molecule has 3 nitrogen and oxygen atoms in total. The molecule has 1 heterocycles. The summed E-state index contributed by atoms with van der Waals surface area (Å²) in [5.41, 5.74) is 0. The van der Waals surface area contributed by atoms with Gasteiger partial charge in [-0.15, -0.1) is 11.8 Å². The molecule has 1 aromatic heterocycles. The lowest BCUT2D eigenvalue weighted by atomic mass is 10.1. The van der Waals surface area contributed by atoms with Crippen LogP contribution in [0.15, 0.2) is 29.4 Å². The molecule has 0 saturated carbocycles. The average molecular weight is 222 g/mol. The Bertz CT molecular complexity index is 525. The van der Waals surface area contributed by atoms with E-state index < -0.39 is 0 Å². The molecule has 4 heteroatoms. The minimum absolute atomic E-state index is 0.0524. The van der Waals surface area contributed by atoms with Gasteiger partial charge in [0.25, 0.3) is 0 Å². The van der Waals surface area contributed by atoms with Gasteiger partial charge in [-0.05, 0) is 12.3 Å². The first-order chi connectivity index (χ1) is 7.13. The zero-order valence-corrected chi connectivity index (χ0v) is 9.38. The second-order valence-electron chi connectivity index (χ2n) is 3.38. The summed E-state index contributed by atoms with van der Waals surface area (Å²) in [7, 11) is 1.92. The molecule has 2 aromatic rings. The largest absolute Gasteiger partial charge is 0.504 e. The molecule has 0 unspecified atom stereocenters.